The Morgan fingerprint density at radius 1 is 1.24 bits per heavy atom. The lowest BCUT2D eigenvalue weighted by molar-refractivity contribution is -0.121. The highest BCUT2D eigenvalue weighted by molar-refractivity contribution is 14.0. The van der Waals surface area contributed by atoms with E-state index in [2.05, 4.69) is 20.9 Å². The highest BCUT2D eigenvalue weighted by Gasteiger charge is 2.13. The van der Waals surface area contributed by atoms with E-state index in [9.17, 15) is 13.6 Å². The smallest absolute Gasteiger partial charge is 0.239 e. The summed E-state index contributed by atoms with van der Waals surface area (Å²) in [5.41, 5.74) is -0.303. The largest absolute Gasteiger partial charge is 0.489 e. The quantitative estimate of drug-likeness (QED) is 0.258. The van der Waals surface area contributed by atoms with Gasteiger partial charge < -0.3 is 20.7 Å². The lowest BCUT2D eigenvalue weighted by atomic mass is 10.1. The molecule has 0 aromatic heterocycles. The van der Waals surface area contributed by atoms with Gasteiger partial charge >= 0.3 is 0 Å². The van der Waals surface area contributed by atoms with Crippen LogP contribution in [-0.4, -0.2) is 44.1 Å². The summed E-state index contributed by atoms with van der Waals surface area (Å²) in [6.45, 7) is 6.23. The zero-order valence-electron chi connectivity index (χ0n) is 14.8. The normalized spacial score (nSPS) is 11.4. The lowest BCUT2D eigenvalue weighted by Crippen LogP contribution is -2.48. The molecular weight excluding hydrogens is 445 g/mol. The van der Waals surface area contributed by atoms with E-state index in [0.717, 1.165) is 12.1 Å². The van der Waals surface area contributed by atoms with E-state index in [1.807, 2.05) is 20.8 Å². The minimum Gasteiger partial charge on any atom is -0.489 e. The maximum atomic E-state index is 13.4. The third-order valence-corrected chi connectivity index (χ3v) is 2.70. The zero-order chi connectivity index (χ0) is 18.2. The Morgan fingerprint density at radius 3 is 2.48 bits per heavy atom. The number of nitrogens with zero attached hydrogens (tertiary/aromatic N) is 1. The van der Waals surface area contributed by atoms with E-state index in [1.54, 1.807) is 7.05 Å². The molecule has 0 unspecified atom stereocenters. The van der Waals surface area contributed by atoms with Crippen molar-refractivity contribution in [2.24, 2.45) is 4.99 Å². The first-order valence-electron chi connectivity index (χ1n) is 7.54. The molecule has 0 saturated carbocycles. The first kappa shape index (κ1) is 23.4. The standard InChI is InChI=1S/C16H24F2N4O2.HI/c1-16(2,3)22-14(23)10-21-15(19-4)20-7-8-24-13-6-5-11(17)9-12(13)18;/h5-6,9H,7-8,10H2,1-4H3,(H,22,23)(H2,19,20,21);1H. The molecule has 0 aliphatic heterocycles. The molecule has 1 amide bonds. The van der Waals surface area contributed by atoms with Gasteiger partial charge in [0.25, 0.3) is 0 Å². The summed E-state index contributed by atoms with van der Waals surface area (Å²) in [5.74, 6) is -1.17. The van der Waals surface area contributed by atoms with Crippen LogP contribution >= 0.6 is 24.0 Å². The van der Waals surface area contributed by atoms with E-state index in [1.165, 1.54) is 6.07 Å². The third-order valence-electron chi connectivity index (χ3n) is 2.70. The number of halogens is 3. The molecule has 6 nitrogen and oxygen atoms in total. The summed E-state index contributed by atoms with van der Waals surface area (Å²) in [6.07, 6.45) is 0. The number of hydrogen-bond acceptors (Lipinski definition) is 3. The fourth-order valence-corrected chi connectivity index (χ4v) is 1.77. The first-order valence-corrected chi connectivity index (χ1v) is 7.54. The molecule has 1 aromatic carbocycles. The van der Waals surface area contributed by atoms with Gasteiger partial charge in [-0.2, -0.15) is 0 Å². The number of benzene rings is 1. The van der Waals surface area contributed by atoms with Crippen LogP contribution in [0.15, 0.2) is 23.2 Å². The van der Waals surface area contributed by atoms with Crippen LogP contribution in [0, 0.1) is 11.6 Å². The number of hydrogen-bond donors (Lipinski definition) is 3. The Labute approximate surface area is 163 Å². The molecular formula is C16H25F2IN4O2. The fraction of sp³-hybridized carbons (Fsp3) is 0.500. The average Bonchev–Trinajstić information content (AvgIpc) is 2.46. The minimum atomic E-state index is -0.753. The number of guanidine groups is 1. The van der Waals surface area contributed by atoms with Gasteiger partial charge in [0.1, 0.15) is 12.4 Å². The highest BCUT2D eigenvalue weighted by Crippen LogP contribution is 2.17. The second-order valence-electron chi connectivity index (χ2n) is 6.07. The van der Waals surface area contributed by atoms with Crippen molar-refractivity contribution in [1.29, 1.82) is 0 Å². The number of carbonyl (C=O) groups excluding carboxylic acids is 1. The van der Waals surface area contributed by atoms with Gasteiger partial charge in [0.05, 0.1) is 13.1 Å². The highest BCUT2D eigenvalue weighted by atomic mass is 127. The molecule has 0 spiro atoms. The molecule has 0 saturated heterocycles. The molecule has 25 heavy (non-hydrogen) atoms. The third kappa shape index (κ3) is 10.0. The number of aliphatic imine (C=N–C) groups is 1. The molecule has 3 N–H and O–H groups in total. The van der Waals surface area contributed by atoms with Gasteiger partial charge in [-0.15, -0.1) is 24.0 Å². The van der Waals surface area contributed by atoms with Gasteiger partial charge in [-0.25, -0.2) is 8.78 Å². The number of rotatable bonds is 6. The number of nitrogens with one attached hydrogen (secondary N) is 3. The molecule has 0 heterocycles. The molecule has 142 valence electrons. The predicted molar refractivity (Wildman–Crippen MR) is 105 cm³/mol. The van der Waals surface area contributed by atoms with Gasteiger partial charge in [-0.1, -0.05) is 0 Å². The van der Waals surface area contributed by atoms with Gasteiger partial charge in [-0.05, 0) is 32.9 Å². The number of ether oxygens (including phenoxy) is 1. The molecule has 1 rings (SSSR count). The summed E-state index contributed by atoms with van der Waals surface area (Å²) >= 11 is 0. The van der Waals surface area contributed by atoms with Crippen LogP contribution in [0.2, 0.25) is 0 Å². The Balaban J connectivity index is 0.00000576. The van der Waals surface area contributed by atoms with Gasteiger partial charge in [-0.3, -0.25) is 9.79 Å². The summed E-state index contributed by atoms with van der Waals surface area (Å²) in [5, 5.41) is 8.60. The Kier molecular flexibility index (Phi) is 10.3. The zero-order valence-corrected chi connectivity index (χ0v) is 17.1. The van der Waals surface area contributed by atoms with Crippen LogP contribution in [-0.2, 0) is 4.79 Å². The van der Waals surface area contributed by atoms with Crippen molar-refractivity contribution in [2.75, 3.05) is 26.7 Å². The van der Waals surface area contributed by atoms with Crippen LogP contribution in [0.3, 0.4) is 0 Å². The summed E-state index contributed by atoms with van der Waals surface area (Å²) in [6, 6.07) is 3.12. The molecule has 0 fully saturated rings. The van der Waals surface area contributed by atoms with Crippen molar-refractivity contribution < 1.29 is 18.3 Å². The van der Waals surface area contributed by atoms with E-state index < -0.39 is 11.6 Å². The van der Waals surface area contributed by atoms with Crippen LogP contribution in [0.1, 0.15) is 20.8 Å². The summed E-state index contributed by atoms with van der Waals surface area (Å²) in [4.78, 5) is 15.7. The van der Waals surface area contributed by atoms with E-state index in [0.29, 0.717) is 12.5 Å². The van der Waals surface area contributed by atoms with Crippen molar-refractivity contribution in [3.05, 3.63) is 29.8 Å². The first-order chi connectivity index (χ1) is 11.2. The SMILES string of the molecule is CN=C(NCCOc1ccc(F)cc1F)NCC(=O)NC(C)(C)C.I. The van der Waals surface area contributed by atoms with Gasteiger partial charge in [0, 0.05) is 18.7 Å². The van der Waals surface area contributed by atoms with Crippen LogP contribution in [0.4, 0.5) is 8.78 Å². The Morgan fingerprint density at radius 2 is 1.92 bits per heavy atom. The van der Waals surface area contributed by atoms with E-state index in [-0.39, 0.29) is 54.3 Å². The molecule has 1 aromatic rings. The minimum absolute atomic E-state index is 0. The van der Waals surface area contributed by atoms with Crippen molar-refractivity contribution in [1.82, 2.24) is 16.0 Å². The maximum absolute atomic E-state index is 13.4. The summed E-state index contributed by atoms with van der Waals surface area (Å²) in [7, 11) is 1.57. The molecule has 0 atom stereocenters. The topological polar surface area (TPSA) is 74.8 Å². The Hall–Kier alpha value is -1.65. The van der Waals surface area contributed by atoms with Crippen LogP contribution < -0.4 is 20.7 Å². The Bertz CT molecular complexity index is 592. The van der Waals surface area contributed by atoms with Crippen LogP contribution in [0.25, 0.3) is 0 Å². The monoisotopic (exact) mass is 470 g/mol. The second kappa shape index (κ2) is 11.1. The van der Waals surface area contributed by atoms with Crippen molar-refractivity contribution >= 4 is 35.8 Å². The molecule has 0 aliphatic carbocycles. The molecule has 0 radical (unpaired) electrons. The predicted octanol–water partition coefficient (Wildman–Crippen LogP) is 2.04. The van der Waals surface area contributed by atoms with Crippen molar-refractivity contribution in [2.45, 2.75) is 26.3 Å². The summed E-state index contributed by atoms with van der Waals surface area (Å²) < 4.78 is 31.4. The fourth-order valence-electron chi connectivity index (χ4n) is 1.77. The lowest BCUT2D eigenvalue weighted by Gasteiger charge is -2.21. The van der Waals surface area contributed by atoms with E-state index >= 15 is 0 Å². The molecule has 9 heteroatoms. The maximum Gasteiger partial charge on any atom is 0.239 e. The van der Waals surface area contributed by atoms with Crippen molar-refractivity contribution in [3.63, 3.8) is 0 Å². The number of carbonyl (C=O) groups is 1. The van der Waals surface area contributed by atoms with E-state index in [4.69, 9.17) is 4.74 Å². The second-order valence-corrected chi connectivity index (χ2v) is 6.07. The molecule has 0 aliphatic rings. The average molecular weight is 470 g/mol. The van der Waals surface area contributed by atoms with Crippen molar-refractivity contribution in [3.8, 4) is 5.75 Å². The van der Waals surface area contributed by atoms with Crippen LogP contribution in [0.5, 0.6) is 5.75 Å². The van der Waals surface area contributed by atoms with Gasteiger partial charge in [0.2, 0.25) is 5.91 Å². The number of amides is 1. The van der Waals surface area contributed by atoms with Gasteiger partial charge in [0.15, 0.2) is 17.5 Å². The molecule has 0 bridgehead atoms.